The number of aryl methyl sites for hydroxylation is 1. The first-order valence-corrected chi connectivity index (χ1v) is 6.83. The number of hydrogen-bond acceptors (Lipinski definition) is 4. The normalized spacial score (nSPS) is 10.4. The van der Waals surface area contributed by atoms with Crippen LogP contribution in [0.5, 0.6) is 0 Å². The maximum atomic E-state index is 4.39. The molecule has 19 heavy (non-hydrogen) atoms. The molecule has 3 aromatic rings. The third-order valence-corrected chi connectivity index (χ3v) is 3.72. The van der Waals surface area contributed by atoms with Crippen molar-refractivity contribution in [2.75, 3.05) is 5.32 Å². The van der Waals surface area contributed by atoms with Crippen LogP contribution in [0.3, 0.4) is 0 Å². The minimum absolute atomic E-state index is 0.878. The Morgan fingerprint density at radius 2 is 1.89 bits per heavy atom. The fraction of sp³-hybridized carbons (Fsp3) is 0.0667. The quantitative estimate of drug-likeness (QED) is 0.770. The number of nitrogens with one attached hydrogen (secondary N) is 1. The van der Waals surface area contributed by atoms with Gasteiger partial charge in [-0.2, -0.15) is 0 Å². The molecule has 0 saturated carbocycles. The van der Waals surface area contributed by atoms with Gasteiger partial charge in [-0.15, -0.1) is 0 Å². The lowest BCUT2D eigenvalue weighted by Crippen LogP contribution is -1.88. The summed E-state index contributed by atoms with van der Waals surface area (Å²) < 4.78 is 0. The minimum atomic E-state index is 0.878. The van der Waals surface area contributed by atoms with Gasteiger partial charge in [0.25, 0.3) is 0 Å². The van der Waals surface area contributed by atoms with E-state index in [2.05, 4.69) is 46.5 Å². The molecule has 1 aromatic carbocycles. The van der Waals surface area contributed by atoms with E-state index in [-0.39, 0.29) is 0 Å². The van der Waals surface area contributed by atoms with Gasteiger partial charge in [0.05, 0.1) is 16.8 Å². The Hall–Kier alpha value is -2.20. The lowest BCUT2D eigenvalue weighted by Gasteiger charge is -2.00. The van der Waals surface area contributed by atoms with Gasteiger partial charge in [0.2, 0.25) is 0 Å². The van der Waals surface area contributed by atoms with Crippen molar-refractivity contribution >= 4 is 22.2 Å². The van der Waals surface area contributed by atoms with Gasteiger partial charge in [-0.25, -0.2) is 4.98 Å². The third kappa shape index (κ3) is 2.80. The fourth-order valence-electron chi connectivity index (χ4n) is 1.74. The van der Waals surface area contributed by atoms with E-state index < -0.39 is 0 Å². The third-order valence-electron chi connectivity index (χ3n) is 2.75. The van der Waals surface area contributed by atoms with Gasteiger partial charge in [0, 0.05) is 12.4 Å². The summed E-state index contributed by atoms with van der Waals surface area (Å²) >= 11 is 1.64. The molecule has 4 heteroatoms. The first-order chi connectivity index (χ1) is 9.31. The second kappa shape index (κ2) is 5.20. The first-order valence-electron chi connectivity index (χ1n) is 6.01. The molecular weight excluding hydrogens is 254 g/mol. The molecule has 2 aromatic heterocycles. The van der Waals surface area contributed by atoms with Crippen LogP contribution in [-0.2, 0) is 0 Å². The SMILES string of the molecule is Cc1ccc(-c2cnc(Nc3cccnc3)s2)cc1. The molecule has 0 aliphatic rings. The Bertz CT molecular complexity index is 659. The molecule has 0 amide bonds. The Morgan fingerprint density at radius 1 is 1.05 bits per heavy atom. The zero-order valence-corrected chi connectivity index (χ0v) is 11.3. The average Bonchev–Trinajstić information content (AvgIpc) is 2.89. The molecule has 0 aliphatic heterocycles. The van der Waals surface area contributed by atoms with Crippen LogP contribution < -0.4 is 5.32 Å². The Balaban J connectivity index is 1.82. The molecule has 1 N–H and O–H groups in total. The van der Waals surface area contributed by atoms with Crippen molar-refractivity contribution in [2.24, 2.45) is 0 Å². The van der Waals surface area contributed by atoms with Crippen molar-refractivity contribution in [1.29, 1.82) is 0 Å². The molecule has 2 heterocycles. The highest BCUT2D eigenvalue weighted by atomic mass is 32.1. The molecule has 0 saturated heterocycles. The topological polar surface area (TPSA) is 37.8 Å². The molecule has 0 radical (unpaired) electrons. The van der Waals surface area contributed by atoms with Gasteiger partial charge in [-0.1, -0.05) is 41.2 Å². The van der Waals surface area contributed by atoms with Gasteiger partial charge >= 0.3 is 0 Å². The number of benzene rings is 1. The highest BCUT2D eigenvalue weighted by Gasteiger charge is 2.04. The second-order valence-electron chi connectivity index (χ2n) is 4.26. The van der Waals surface area contributed by atoms with E-state index in [0.29, 0.717) is 0 Å². The van der Waals surface area contributed by atoms with Crippen molar-refractivity contribution in [2.45, 2.75) is 6.92 Å². The number of thiazole rings is 1. The summed E-state index contributed by atoms with van der Waals surface area (Å²) in [7, 11) is 0. The highest BCUT2D eigenvalue weighted by Crippen LogP contribution is 2.30. The number of rotatable bonds is 3. The van der Waals surface area contributed by atoms with E-state index in [1.807, 2.05) is 18.3 Å². The molecular formula is C15H13N3S. The van der Waals surface area contributed by atoms with E-state index in [4.69, 9.17) is 0 Å². The summed E-state index contributed by atoms with van der Waals surface area (Å²) in [6.07, 6.45) is 5.44. The maximum absolute atomic E-state index is 4.39. The van der Waals surface area contributed by atoms with Crippen LogP contribution in [0, 0.1) is 6.92 Å². The van der Waals surface area contributed by atoms with Crippen LogP contribution in [0.1, 0.15) is 5.56 Å². The number of aromatic nitrogens is 2. The molecule has 0 fully saturated rings. The van der Waals surface area contributed by atoms with Crippen LogP contribution in [0.2, 0.25) is 0 Å². The average molecular weight is 267 g/mol. The standard InChI is InChI=1S/C15H13N3S/c1-11-4-6-12(7-5-11)14-10-17-15(19-14)18-13-3-2-8-16-9-13/h2-10H,1H3,(H,17,18). The zero-order chi connectivity index (χ0) is 13.1. The maximum Gasteiger partial charge on any atom is 0.187 e. The van der Waals surface area contributed by atoms with E-state index in [1.165, 1.54) is 11.1 Å². The zero-order valence-electron chi connectivity index (χ0n) is 10.5. The monoisotopic (exact) mass is 267 g/mol. The van der Waals surface area contributed by atoms with E-state index >= 15 is 0 Å². The van der Waals surface area contributed by atoms with Crippen molar-refractivity contribution in [3.05, 3.63) is 60.6 Å². The lowest BCUT2D eigenvalue weighted by molar-refractivity contribution is 1.31. The van der Waals surface area contributed by atoms with Crippen molar-refractivity contribution in [3.8, 4) is 10.4 Å². The molecule has 3 nitrogen and oxygen atoms in total. The van der Waals surface area contributed by atoms with Gasteiger partial charge in [0.1, 0.15) is 0 Å². The largest absolute Gasteiger partial charge is 0.330 e. The van der Waals surface area contributed by atoms with Crippen LogP contribution in [0.4, 0.5) is 10.8 Å². The second-order valence-corrected chi connectivity index (χ2v) is 5.29. The summed E-state index contributed by atoms with van der Waals surface area (Å²) in [5.74, 6) is 0. The smallest absolute Gasteiger partial charge is 0.187 e. The van der Waals surface area contributed by atoms with Gasteiger partial charge in [0.15, 0.2) is 5.13 Å². The van der Waals surface area contributed by atoms with Crippen LogP contribution in [0.25, 0.3) is 10.4 Å². The van der Waals surface area contributed by atoms with Crippen molar-refractivity contribution < 1.29 is 0 Å². The summed E-state index contributed by atoms with van der Waals surface area (Å²) in [4.78, 5) is 9.62. The van der Waals surface area contributed by atoms with Crippen molar-refractivity contribution in [1.82, 2.24) is 9.97 Å². The van der Waals surface area contributed by atoms with Gasteiger partial charge < -0.3 is 5.32 Å². The van der Waals surface area contributed by atoms with Crippen molar-refractivity contribution in [3.63, 3.8) is 0 Å². The molecule has 0 bridgehead atoms. The van der Waals surface area contributed by atoms with Crippen LogP contribution in [-0.4, -0.2) is 9.97 Å². The summed E-state index contributed by atoms with van der Waals surface area (Å²) in [6, 6.07) is 12.3. The van der Waals surface area contributed by atoms with Gasteiger partial charge in [-0.3, -0.25) is 4.98 Å². The number of pyridine rings is 1. The van der Waals surface area contributed by atoms with Crippen LogP contribution >= 0.6 is 11.3 Å². The molecule has 0 aliphatic carbocycles. The lowest BCUT2D eigenvalue weighted by atomic mass is 10.1. The van der Waals surface area contributed by atoms with E-state index in [9.17, 15) is 0 Å². The summed E-state index contributed by atoms with van der Waals surface area (Å²) in [6.45, 7) is 2.09. The van der Waals surface area contributed by atoms with Gasteiger partial charge in [-0.05, 0) is 24.6 Å². The Labute approximate surface area is 116 Å². The molecule has 0 spiro atoms. The van der Waals surface area contributed by atoms with E-state index in [0.717, 1.165) is 15.7 Å². The number of hydrogen-bond donors (Lipinski definition) is 1. The predicted molar refractivity (Wildman–Crippen MR) is 79.8 cm³/mol. The molecule has 94 valence electrons. The number of nitrogens with zero attached hydrogens (tertiary/aromatic N) is 2. The summed E-state index contributed by atoms with van der Waals surface area (Å²) in [5, 5.41) is 4.13. The Kier molecular flexibility index (Phi) is 3.25. The first kappa shape index (κ1) is 11.9. The summed E-state index contributed by atoms with van der Waals surface area (Å²) in [5.41, 5.74) is 3.41. The van der Waals surface area contributed by atoms with Crippen LogP contribution in [0.15, 0.2) is 55.0 Å². The molecule has 0 atom stereocenters. The highest BCUT2D eigenvalue weighted by molar-refractivity contribution is 7.18. The number of anilines is 2. The molecule has 3 rings (SSSR count). The fourth-order valence-corrected chi connectivity index (χ4v) is 2.59. The van der Waals surface area contributed by atoms with E-state index in [1.54, 1.807) is 23.7 Å². The Morgan fingerprint density at radius 3 is 2.63 bits per heavy atom. The minimum Gasteiger partial charge on any atom is -0.330 e. The predicted octanol–water partition coefficient (Wildman–Crippen LogP) is 4.26. The molecule has 0 unspecified atom stereocenters.